The van der Waals surface area contributed by atoms with E-state index in [2.05, 4.69) is 4.98 Å². The Kier molecular flexibility index (Phi) is 4.43. The number of aromatic nitrogens is 1. The van der Waals surface area contributed by atoms with E-state index in [1.807, 2.05) is 6.92 Å². The maximum Gasteiger partial charge on any atom is 0.272 e. The van der Waals surface area contributed by atoms with E-state index in [-0.39, 0.29) is 24.8 Å². The van der Waals surface area contributed by atoms with Crippen LogP contribution in [0.15, 0.2) is 30.5 Å². The summed E-state index contributed by atoms with van der Waals surface area (Å²) in [7, 11) is 0. The summed E-state index contributed by atoms with van der Waals surface area (Å²) in [5.74, 6) is -2.03. The summed E-state index contributed by atoms with van der Waals surface area (Å²) in [6.07, 6.45) is 3.49. The quantitative estimate of drug-likeness (QED) is 0.669. The van der Waals surface area contributed by atoms with Crippen LogP contribution in [0.5, 0.6) is 5.75 Å². The number of nitrogens with zero attached hydrogens (tertiary/aromatic N) is 1. The zero-order valence-electron chi connectivity index (χ0n) is 14.0. The normalized spacial score (nSPS) is 18.8. The molecule has 0 unspecified atom stereocenters. The van der Waals surface area contributed by atoms with Gasteiger partial charge >= 0.3 is 0 Å². The predicted octanol–water partition coefficient (Wildman–Crippen LogP) is 2.81. The first-order chi connectivity index (χ1) is 11.8. The van der Waals surface area contributed by atoms with E-state index >= 15 is 0 Å². The highest BCUT2D eigenvalue weighted by atomic mass is 19.3. The van der Waals surface area contributed by atoms with Gasteiger partial charge in [0.05, 0.1) is 13.1 Å². The number of nitrogens with one attached hydrogen (secondary N) is 1. The Labute approximate surface area is 144 Å². The Bertz CT molecular complexity index is 792. The summed E-state index contributed by atoms with van der Waals surface area (Å²) < 4.78 is 26.0. The second-order valence-electron chi connectivity index (χ2n) is 6.61. The van der Waals surface area contributed by atoms with Gasteiger partial charge in [0.2, 0.25) is 0 Å². The summed E-state index contributed by atoms with van der Waals surface area (Å²) in [6, 6.07) is 6.77. The highest BCUT2D eigenvalue weighted by Gasteiger charge is 2.44. The van der Waals surface area contributed by atoms with Crippen LogP contribution in [-0.4, -0.2) is 40.5 Å². The molecule has 0 amide bonds. The molecule has 2 aromatic rings. The minimum absolute atomic E-state index is 0.00747. The lowest BCUT2D eigenvalue weighted by Crippen LogP contribution is -2.56. The summed E-state index contributed by atoms with van der Waals surface area (Å²) >= 11 is 0. The number of halogens is 2. The number of anilines is 1. The van der Waals surface area contributed by atoms with Crippen molar-refractivity contribution >= 4 is 17.6 Å². The maximum absolute atomic E-state index is 13.0. The van der Waals surface area contributed by atoms with E-state index < -0.39 is 5.92 Å². The standard InChI is InChI=1S/C18H22F2N4O/c1-11(8-24-9-18(19,20)10-24)14-7-23-17(22)13(14)6-15(21)12-4-2-3-5-16(12)25/h2-7,11,23,25H,8-10,21-22H2,1H3/b15-6-/t11-/m0/s1. The molecule has 0 bridgehead atoms. The zero-order chi connectivity index (χ0) is 18.2. The molecule has 0 saturated carbocycles. The predicted molar refractivity (Wildman–Crippen MR) is 95.2 cm³/mol. The lowest BCUT2D eigenvalue weighted by atomic mass is 9.96. The Morgan fingerprint density at radius 3 is 2.72 bits per heavy atom. The lowest BCUT2D eigenvalue weighted by Gasteiger charge is -2.40. The number of nitrogens with two attached hydrogens (primary N) is 2. The van der Waals surface area contributed by atoms with Gasteiger partial charge in [0.15, 0.2) is 0 Å². The summed E-state index contributed by atoms with van der Waals surface area (Å²) in [4.78, 5) is 4.68. The fourth-order valence-corrected chi connectivity index (χ4v) is 3.21. The van der Waals surface area contributed by atoms with Crippen molar-refractivity contribution in [3.63, 3.8) is 0 Å². The number of aromatic hydroxyl groups is 1. The number of phenols is 1. The van der Waals surface area contributed by atoms with Crippen LogP contribution in [0.25, 0.3) is 11.8 Å². The van der Waals surface area contributed by atoms with Crippen molar-refractivity contribution in [3.05, 3.63) is 47.2 Å². The molecular weight excluding hydrogens is 326 g/mol. The molecule has 5 nitrogen and oxygen atoms in total. The van der Waals surface area contributed by atoms with Crippen LogP contribution >= 0.6 is 0 Å². The van der Waals surface area contributed by atoms with E-state index in [0.717, 1.165) is 11.1 Å². The molecule has 1 fully saturated rings. The van der Waals surface area contributed by atoms with Crippen molar-refractivity contribution in [1.29, 1.82) is 0 Å². The minimum Gasteiger partial charge on any atom is -0.507 e. The van der Waals surface area contributed by atoms with Crippen LogP contribution < -0.4 is 11.5 Å². The number of hydrogen-bond acceptors (Lipinski definition) is 4. The fraction of sp³-hybridized carbons (Fsp3) is 0.333. The van der Waals surface area contributed by atoms with Gasteiger partial charge < -0.3 is 21.6 Å². The number of phenolic OH excluding ortho intramolecular Hbond substituents is 1. The molecule has 3 rings (SSSR count). The van der Waals surface area contributed by atoms with Crippen LogP contribution in [0.3, 0.4) is 0 Å². The van der Waals surface area contributed by atoms with E-state index in [1.54, 1.807) is 41.4 Å². The summed E-state index contributed by atoms with van der Waals surface area (Å²) in [6.45, 7) is 2.07. The van der Waals surface area contributed by atoms with Gasteiger partial charge in [-0.1, -0.05) is 19.1 Å². The second kappa shape index (κ2) is 6.40. The van der Waals surface area contributed by atoms with Crippen molar-refractivity contribution in [3.8, 4) is 5.75 Å². The van der Waals surface area contributed by atoms with E-state index in [4.69, 9.17) is 11.5 Å². The van der Waals surface area contributed by atoms with Crippen molar-refractivity contribution in [2.24, 2.45) is 5.73 Å². The van der Waals surface area contributed by atoms with Crippen LogP contribution in [0.2, 0.25) is 0 Å². The average molecular weight is 348 g/mol. The number of para-hydroxylation sites is 1. The third-order valence-corrected chi connectivity index (χ3v) is 4.47. The van der Waals surface area contributed by atoms with Gasteiger partial charge in [0.25, 0.3) is 5.92 Å². The SMILES string of the molecule is C[C@@H](CN1CC(F)(F)C1)c1c[nH]c(N)c1/C=C(\N)c1ccccc1O. The summed E-state index contributed by atoms with van der Waals surface area (Å²) in [5, 5.41) is 9.93. The number of alkyl halides is 2. The number of nitrogen functional groups attached to an aromatic ring is 1. The van der Waals surface area contributed by atoms with Gasteiger partial charge in [-0.2, -0.15) is 0 Å². The van der Waals surface area contributed by atoms with Gasteiger partial charge in [-0.25, -0.2) is 8.78 Å². The van der Waals surface area contributed by atoms with Crippen LogP contribution in [0, 0.1) is 0 Å². The molecule has 1 aliphatic heterocycles. The molecule has 1 saturated heterocycles. The van der Waals surface area contributed by atoms with E-state index in [1.165, 1.54) is 0 Å². The van der Waals surface area contributed by atoms with Crippen LogP contribution in [0.4, 0.5) is 14.6 Å². The van der Waals surface area contributed by atoms with Gasteiger partial charge in [0, 0.05) is 29.6 Å². The van der Waals surface area contributed by atoms with Crippen LogP contribution in [0.1, 0.15) is 29.5 Å². The molecule has 25 heavy (non-hydrogen) atoms. The van der Waals surface area contributed by atoms with Crippen molar-refractivity contribution in [2.75, 3.05) is 25.4 Å². The Morgan fingerprint density at radius 2 is 2.08 bits per heavy atom. The van der Waals surface area contributed by atoms with E-state index in [9.17, 15) is 13.9 Å². The zero-order valence-corrected chi connectivity index (χ0v) is 14.0. The summed E-state index contributed by atoms with van der Waals surface area (Å²) in [5.41, 5.74) is 14.7. The van der Waals surface area contributed by atoms with Gasteiger partial charge in [0.1, 0.15) is 11.6 Å². The first-order valence-electron chi connectivity index (χ1n) is 8.09. The molecule has 7 heteroatoms. The molecule has 1 aliphatic rings. The van der Waals surface area contributed by atoms with Crippen LogP contribution in [-0.2, 0) is 0 Å². The monoisotopic (exact) mass is 348 g/mol. The third kappa shape index (κ3) is 3.61. The molecule has 0 aliphatic carbocycles. The molecule has 1 aromatic carbocycles. The largest absolute Gasteiger partial charge is 0.507 e. The molecule has 2 heterocycles. The number of rotatable bonds is 5. The van der Waals surface area contributed by atoms with E-state index in [0.29, 0.717) is 23.6 Å². The highest BCUT2D eigenvalue weighted by molar-refractivity contribution is 5.85. The number of H-pyrrole nitrogens is 1. The van der Waals surface area contributed by atoms with Crippen molar-refractivity contribution in [2.45, 2.75) is 18.8 Å². The number of hydrogen-bond donors (Lipinski definition) is 4. The lowest BCUT2D eigenvalue weighted by molar-refractivity contribution is -0.131. The smallest absolute Gasteiger partial charge is 0.272 e. The average Bonchev–Trinajstić information content (AvgIpc) is 2.87. The van der Waals surface area contributed by atoms with Crippen molar-refractivity contribution in [1.82, 2.24) is 9.88 Å². The Morgan fingerprint density at radius 1 is 1.40 bits per heavy atom. The first kappa shape index (κ1) is 17.3. The minimum atomic E-state index is -2.57. The molecule has 1 aromatic heterocycles. The first-order valence-corrected chi connectivity index (χ1v) is 8.09. The molecule has 0 radical (unpaired) electrons. The maximum atomic E-state index is 13.0. The molecule has 134 valence electrons. The molecule has 0 spiro atoms. The molecule has 1 atom stereocenters. The fourth-order valence-electron chi connectivity index (χ4n) is 3.21. The Balaban J connectivity index is 1.82. The van der Waals surface area contributed by atoms with Gasteiger partial charge in [-0.15, -0.1) is 0 Å². The topological polar surface area (TPSA) is 91.3 Å². The van der Waals surface area contributed by atoms with Gasteiger partial charge in [-0.05, 0) is 29.7 Å². The Hall–Kier alpha value is -2.54. The third-order valence-electron chi connectivity index (χ3n) is 4.47. The van der Waals surface area contributed by atoms with Gasteiger partial charge in [-0.3, -0.25) is 4.90 Å². The van der Waals surface area contributed by atoms with Crippen molar-refractivity contribution < 1.29 is 13.9 Å². The number of aromatic amines is 1. The molecular formula is C18H22F2N4O. The second-order valence-corrected chi connectivity index (χ2v) is 6.61. The number of benzene rings is 1. The number of likely N-dealkylation sites (tertiary alicyclic amines) is 1. The molecule has 6 N–H and O–H groups in total. The highest BCUT2D eigenvalue weighted by Crippen LogP contribution is 2.33.